The predicted octanol–water partition coefficient (Wildman–Crippen LogP) is 3.18. The lowest BCUT2D eigenvalue weighted by atomic mass is 10.1. The molecule has 0 radical (unpaired) electrons. The van der Waals surface area contributed by atoms with Gasteiger partial charge in [0.15, 0.2) is 0 Å². The topological polar surface area (TPSA) is 29.1 Å². The van der Waals surface area contributed by atoms with Gasteiger partial charge in [0.2, 0.25) is 5.91 Å². The van der Waals surface area contributed by atoms with Crippen LogP contribution in [0.1, 0.15) is 32.6 Å². The Morgan fingerprint density at radius 2 is 2.47 bits per heavy atom. The monoisotopic (exact) mass is 249 g/mol. The summed E-state index contributed by atoms with van der Waals surface area (Å²) in [5.74, 6) is 0.185. The first-order chi connectivity index (χ1) is 8.29. The highest BCUT2D eigenvalue weighted by Crippen LogP contribution is 2.34. The van der Waals surface area contributed by atoms with Crippen molar-refractivity contribution in [3.05, 3.63) is 34.8 Å². The third kappa shape index (κ3) is 3.50. The Hall–Kier alpha value is -0.960. The van der Waals surface area contributed by atoms with Gasteiger partial charge in [0.25, 0.3) is 0 Å². The van der Waals surface area contributed by atoms with Crippen molar-refractivity contribution in [2.24, 2.45) is 0 Å². The Labute approximate surface area is 107 Å². The van der Waals surface area contributed by atoms with Gasteiger partial charge in [0.1, 0.15) is 0 Å². The molecule has 1 heterocycles. The van der Waals surface area contributed by atoms with Gasteiger partial charge in [-0.15, -0.1) is 11.8 Å². The Bertz CT molecular complexity index is 382. The van der Waals surface area contributed by atoms with E-state index in [0.717, 1.165) is 25.7 Å². The van der Waals surface area contributed by atoms with E-state index in [-0.39, 0.29) is 11.2 Å². The van der Waals surface area contributed by atoms with Crippen LogP contribution >= 0.6 is 11.8 Å². The lowest BCUT2D eigenvalue weighted by molar-refractivity contribution is -0.120. The van der Waals surface area contributed by atoms with Gasteiger partial charge >= 0.3 is 0 Å². The molecule has 0 bridgehead atoms. The molecule has 0 fully saturated rings. The van der Waals surface area contributed by atoms with Crippen molar-refractivity contribution in [2.75, 3.05) is 6.54 Å². The molecule has 0 aromatic carbocycles. The minimum atomic E-state index is 0.102. The van der Waals surface area contributed by atoms with Crippen LogP contribution in [0.5, 0.6) is 0 Å². The predicted molar refractivity (Wildman–Crippen MR) is 73.8 cm³/mol. The zero-order valence-electron chi connectivity index (χ0n) is 10.2. The second-order valence-electron chi connectivity index (χ2n) is 4.38. The highest BCUT2D eigenvalue weighted by atomic mass is 32.2. The van der Waals surface area contributed by atoms with Crippen LogP contribution in [-0.4, -0.2) is 17.7 Å². The molecule has 1 aliphatic heterocycles. The van der Waals surface area contributed by atoms with Crippen molar-refractivity contribution in [1.29, 1.82) is 0 Å². The molecule has 1 unspecified atom stereocenters. The van der Waals surface area contributed by atoms with Crippen molar-refractivity contribution in [3.63, 3.8) is 0 Å². The molecule has 1 amide bonds. The van der Waals surface area contributed by atoms with Gasteiger partial charge in [0, 0.05) is 6.54 Å². The van der Waals surface area contributed by atoms with E-state index in [1.807, 2.05) is 0 Å². The molecule has 2 aliphatic rings. The van der Waals surface area contributed by atoms with E-state index in [2.05, 4.69) is 36.5 Å². The molecule has 92 valence electrons. The zero-order chi connectivity index (χ0) is 12.1. The minimum absolute atomic E-state index is 0.102. The maximum absolute atomic E-state index is 11.9. The minimum Gasteiger partial charge on any atom is -0.351 e. The van der Waals surface area contributed by atoms with Crippen LogP contribution in [0.3, 0.4) is 0 Å². The zero-order valence-corrected chi connectivity index (χ0v) is 11.1. The van der Waals surface area contributed by atoms with E-state index < -0.39 is 0 Å². The fourth-order valence-electron chi connectivity index (χ4n) is 2.02. The average molecular weight is 249 g/mol. The summed E-state index contributed by atoms with van der Waals surface area (Å²) in [6.45, 7) is 2.85. The SMILES string of the molecule is CCC1=CCC(C(=O)NCC2=CC=CCC2)S1. The molecule has 1 N–H and O–H groups in total. The molecule has 0 spiro atoms. The van der Waals surface area contributed by atoms with Crippen molar-refractivity contribution < 1.29 is 4.79 Å². The Morgan fingerprint density at radius 1 is 1.59 bits per heavy atom. The van der Waals surface area contributed by atoms with Gasteiger partial charge in [-0.2, -0.15) is 0 Å². The van der Waals surface area contributed by atoms with Crippen molar-refractivity contribution >= 4 is 17.7 Å². The molecule has 2 rings (SSSR count). The number of amides is 1. The molecule has 17 heavy (non-hydrogen) atoms. The number of carbonyl (C=O) groups excluding carboxylic acids is 1. The van der Waals surface area contributed by atoms with Gasteiger partial charge < -0.3 is 5.32 Å². The fourth-order valence-corrected chi connectivity index (χ4v) is 3.13. The number of rotatable bonds is 4. The summed E-state index contributed by atoms with van der Waals surface area (Å²) < 4.78 is 0. The highest BCUT2D eigenvalue weighted by molar-refractivity contribution is 8.04. The Balaban J connectivity index is 1.75. The van der Waals surface area contributed by atoms with E-state index in [9.17, 15) is 4.79 Å². The maximum atomic E-state index is 11.9. The first kappa shape index (κ1) is 12.5. The van der Waals surface area contributed by atoms with Crippen LogP contribution in [0.4, 0.5) is 0 Å². The quantitative estimate of drug-likeness (QED) is 0.829. The Kier molecular flexibility index (Phi) is 4.49. The number of hydrogen-bond donors (Lipinski definition) is 1. The molecule has 1 atom stereocenters. The van der Waals surface area contributed by atoms with Crippen LogP contribution in [0.25, 0.3) is 0 Å². The highest BCUT2D eigenvalue weighted by Gasteiger charge is 2.23. The van der Waals surface area contributed by atoms with E-state index >= 15 is 0 Å². The van der Waals surface area contributed by atoms with Crippen LogP contribution < -0.4 is 5.32 Å². The van der Waals surface area contributed by atoms with Crippen LogP contribution in [0.15, 0.2) is 34.8 Å². The summed E-state index contributed by atoms with van der Waals surface area (Å²) in [6.07, 6.45) is 12.7. The van der Waals surface area contributed by atoms with Crippen molar-refractivity contribution in [2.45, 2.75) is 37.9 Å². The number of allylic oxidation sites excluding steroid dienone is 5. The van der Waals surface area contributed by atoms with Crippen LogP contribution in [0.2, 0.25) is 0 Å². The lowest BCUT2D eigenvalue weighted by Crippen LogP contribution is -2.33. The molecule has 2 nitrogen and oxygen atoms in total. The second-order valence-corrected chi connectivity index (χ2v) is 5.70. The lowest BCUT2D eigenvalue weighted by Gasteiger charge is -2.13. The van der Waals surface area contributed by atoms with Crippen LogP contribution in [-0.2, 0) is 4.79 Å². The first-order valence-electron chi connectivity index (χ1n) is 6.27. The molecular weight excluding hydrogens is 230 g/mol. The van der Waals surface area contributed by atoms with Crippen LogP contribution in [0, 0.1) is 0 Å². The molecule has 0 saturated heterocycles. The van der Waals surface area contributed by atoms with Crippen molar-refractivity contribution in [3.8, 4) is 0 Å². The largest absolute Gasteiger partial charge is 0.351 e. The van der Waals surface area contributed by atoms with Gasteiger partial charge in [0.05, 0.1) is 5.25 Å². The van der Waals surface area contributed by atoms with Gasteiger partial charge in [-0.25, -0.2) is 0 Å². The first-order valence-corrected chi connectivity index (χ1v) is 7.15. The van der Waals surface area contributed by atoms with E-state index in [0.29, 0.717) is 6.54 Å². The summed E-state index contributed by atoms with van der Waals surface area (Å²) in [6, 6.07) is 0. The number of nitrogens with one attached hydrogen (secondary N) is 1. The van der Waals surface area contributed by atoms with Gasteiger partial charge in [-0.05, 0) is 30.6 Å². The molecule has 0 aromatic rings. The third-order valence-corrected chi connectivity index (χ3v) is 4.53. The molecule has 0 saturated carbocycles. The standard InChI is InChI=1S/C14H19NOS/c1-2-12-8-9-13(17-12)14(16)15-10-11-6-4-3-5-7-11/h3-4,6,8,13H,2,5,7,9-10H2,1H3,(H,15,16). The smallest absolute Gasteiger partial charge is 0.234 e. The summed E-state index contributed by atoms with van der Waals surface area (Å²) in [5.41, 5.74) is 1.33. The number of carbonyl (C=O) groups is 1. The molecule has 0 aromatic heterocycles. The fraction of sp³-hybridized carbons (Fsp3) is 0.500. The van der Waals surface area contributed by atoms with E-state index in [1.165, 1.54) is 10.5 Å². The summed E-state index contributed by atoms with van der Waals surface area (Å²) in [7, 11) is 0. The third-order valence-electron chi connectivity index (χ3n) is 3.08. The van der Waals surface area contributed by atoms with Crippen molar-refractivity contribution in [1.82, 2.24) is 5.32 Å². The summed E-state index contributed by atoms with van der Waals surface area (Å²) in [5, 5.41) is 3.15. The maximum Gasteiger partial charge on any atom is 0.234 e. The molecule has 3 heteroatoms. The summed E-state index contributed by atoms with van der Waals surface area (Å²) in [4.78, 5) is 13.3. The average Bonchev–Trinajstić information content (AvgIpc) is 2.86. The Morgan fingerprint density at radius 3 is 3.12 bits per heavy atom. The van der Waals surface area contributed by atoms with Gasteiger partial charge in [-0.3, -0.25) is 4.79 Å². The normalized spacial score (nSPS) is 23.2. The molecule has 1 aliphatic carbocycles. The summed E-state index contributed by atoms with van der Waals surface area (Å²) >= 11 is 1.72. The van der Waals surface area contributed by atoms with E-state index in [1.54, 1.807) is 11.8 Å². The molecular formula is C14H19NOS. The number of thioether (sulfide) groups is 1. The van der Waals surface area contributed by atoms with E-state index in [4.69, 9.17) is 0 Å². The number of hydrogen-bond acceptors (Lipinski definition) is 2. The second kappa shape index (κ2) is 6.10. The van der Waals surface area contributed by atoms with Gasteiger partial charge in [-0.1, -0.05) is 36.8 Å².